The molecule has 1 aliphatic heterocycles. The molecule has 1 aromatic carbocycles. The second-order valence-electron chi connectivity index (χ2n) is 5.68. The minimum Gasteiger partial charge on any atom is -0.334 e. The van der Waals surface area contributed by atoms with E-state index < -0.39 is 0 Å². The lowest BCUT2D eigenvalue weighted by Gasteiger charge is -2.25. The molecule has 0 saturated carbocycles. The highest BCUT2D eigenvalue weighted by atomic mass is 35.5. The number of aryl methyl sites for hydroxylation is 1. The lowest BCUT2D eigenvalue weighted by atomic mass is 10.1. The van der Waals surface area contributed by atoms with E-state index in [4.69, 9.17) is 0 Å². The summed E-state index contributed by atoms with van der Waals surface area (Å²) >= 11 is 0. The van der Waals surface area contributed by atoms with E-state index in [9.17, 15) is 4.79 Å². The fourth-order valence-corrected chi connectivity index (χ4v) is 3.19. The largest absolute Gasteiger partial charge is 0.334 e. The number of fused-ring (bicyclic) bond motifs is 1. The number of halogens is 2. The van der Waals surface area contributed by atoms with Gasteiger partial charge in [0.25, 0.3) is 5.91 Å². The third-order valence-corrected chi connectivity index (χ3v) is 4.15. The second-order valence-corrected chi connectivity index (χ2v) is 5.68. The fourth-order valence-electron chi connectivity index (χ4n) is 3.19. The lowest BCUT2D eigenvalue weighted by molar-refractivity contribution is 0.0739. The quantitative estimate of drug-likeness (QED) is 0.919. The van der Waals surface area contributed by atoms with Gasteiger partial charge in [0.15, 0.2) is 0 Å². The Morgan fingerprint density at radius 1 is 1.35 bits per heavy atom. The highest BCUT2D eigenvalue weighted by molar-refractivity contribution is 6.06. The van der Waals surface area contributed by atoms with Gasteiger partial charge in [-0.25, -0.2) is 0 Å². The molecule has 2 aromatic rings. The molecule has 1 unspecified atom stereocenters. The van der Waals surface area contributed by atoms with Gasteiger partial charge in [-0.15, -0.1) is 24.8 Å². The van der Waals surface area contributed by atoms with E-state index in [1.807, 2.05) is 49.2 Å². The van der Waals surface area contributed by atoms with Crippen molar-refractivity contribution in [1.29, 1.82) is 0 Å². The third-order valence-electron chi connectivity index (χ3n) is 4.15. The predicted molar refractivity (Wildman–Crippen MR) is 99.0 cm³/mol. The van der Waals surface area contributed by atoms with Gasteiger partial charge in [-0.2, -0.15) is 0 Å². The predicted octanol–water partition coefficient (Wildman–Crippen LogP) is 3.21. The van der Waals surface area contributed by atoms with Crippen molar-refractivity contribution < 1.29 is 4.79 Å². The Morgan fingerprint density at radius 2 is 2.09 bits per heavy atom. The van der Waals surface area contributed by atoms with E-state index in [0.29, 0.717) is 6.04 Å². The van der Waals surface area contributed by atoms with Crippen LogP contribution >= 0.6 is 24.8 Å². The molecule has 1 aromatic heterocycles. The van der Waals surface area contributed by atoms with Crippen LogP contribution in [0.3, 0.4) is 0 Å². The number of amides is 1. The summed E-state index contributed by atoms with van der Waals surface area (Å²) in [5.41, 5.74) is 2.56. The number of para-hydroxylation sites is 1. The molecule has 0 bridgehead atoms. The van der Waals surface area contributed by atoms with Crippen molar-refractivity contribution in [1.82, 2.24) is 15.2 Å². The number of carbonyl (C=O) groups excluding carboxylic acids is 1. The maximum Gasteiger partial charge on any atom is 0.254 e. The zero-order chi connectivity index (χ0) is 14.8. The summed E-state index contributed by atoms with van der Waals surface area (Å²) in [6.07, 6.45) is 2.16. The summed E-state index contributed by atoms with van der Waals surface area (Å²) in [6, 6.07) is 10.1. The Labute approximate surface area is 149 Å². The number of nitrogens with one attached hydrogen (secondary N) is 1. The Morgan fingerprint density at radius 3 is 2.83 bits per heavy atom. The maximum absolute atomic E-state index is 13.0. The van der Waals surface area contributed by atoms with Crippen LogP contribution in [0.2, 0.25) is 0 Å². The normalized spacial score (nSPS) is 16.8. The summed E-state index contributed by atoms with van der Waals surface area (Å²) < 4.78 is 0. The van der Waals surface area contributed by atoms with Crippen LogP contribution in [0.25, 0.3) is 10.9 Å². The first kappa shape index (κ1) is 19.7. The monoisotopic (exact) mass is 355 g/mol. The van der Waals surface area contributed by atoms with E-state index in [-0.39, 0.29) is 30.7 Å². The van der Waals surface area contributed by atoms with Crippen molar-refractivity contribution in [2.45, 2.75) is 25.8 Å². The summed E-state index contributed by atoms with van der Waals surface area (Å²) in [5.74, 6) is 0.134. The lowest BCUT2D eigenvalue weighted by Crippen LogP contribution is -2.40. The fraction of sp³-hybridized carbons (Fsp3) is 0.412. The first-order valence-corrected chi connectivity index (χ1v) is 7.52. The molecule has 0 radical (unpaired) electrons. The number of rotatable bonds is 3. The second kappa shape index (κ2) is 8.48. The molecule has 6 heteroatoms. The molecule has 1 atom stereocenters. The number of likely N-dealkylation sites (tertiary alicyclic amines) is 1. The van der Waals surface area contributed by atoms with Gasteiger partial charge in [0.2, 0.25) is 0 Å². The summed E-state index contributed by atoms with van der Waals surface area (Å²) in [7, 11) is 1.94. The average molecular weight is 356 g/mol. The minimum absolute atomic E-state index is 0. The van der Waals surface area contributed by atoms with E-state index in [1.54, 1.807) is 0 Å². The van der Waals surface area contributed by atoms with Gasteiger partial charge in [0.05, 0.1) is 11.1 Å². The number of hydrogen-bond acceptors (Lipinski definition) is 3. The van der Waals surface area contributed by atoms with Crippen LogP contribution in [-0.4, -0.2) is 42.0 Å². The number of likely N-dealkylation sites (N-methyl/N-ethyl adjacent to an activating group) is 1. The summed E-state index contributed by atoms with van der Waals surface area (Å²) in [5, 5.41) is 4.14. The SMILES string of the molecule is CNCC1CCCN1C(=O)c1cc(C)nc2ccccc12.Cl.Cl. The maximum atomic E-state index is 13.0. The van der Waals surface area contributed by atoms with Gasteiger partial charge in [-0.3, -0.25) is 9.78 Å². The molecule has 23 heavy (non-hydrogen) atoms. The molecular formula is C17H23Cl2N3O. The van der Waals surface area contributed by atoms with E-state index >= 15 is 0 Å². The minimum atomic E-state index is 0. The molecule has 1 aliphatic rings. The number of aromatic nitrogens is 1. The Balaban J connectivity index is 0.00000132. The van der Waals surface area contributed by atoms with E-state index in [0.717, 1.165) is 48.1 Å². The smallest absolute Gasteiger partial charge is 0.254 e. The van der Waals surface area contributed by atoms with Crippen molar-refractivity contribution in [2.24, 2.45) is 0 Å². The van der Waals surface area contributed by atoms with Crippen LogP contribution in [-0.2, 0) is 0 Å². The van der Waals surface area contributed by atoms with Crippen molar-refractivity contribution >= 4 is 41.6 Å². The number of benzene rings is 1. The molecule has 1 fully saturated rings. The summed E-state index contributed by atoms with van der Waals surface area (Å²) in [6.45, 7) is 3.65. The van der Waals surface area contributed by atoms with Gasteiger partial charge >= 0.3 is 0 Å². The standard InChI is InChI=1S/C17H21N3O.2ClH/c1-12-10-15(14-7-3-4-8-16(14)19-12)17(21)20-9-5-6-13(20)11-18-2;;/h3-4,7-8,10,13,18H,5-6,9,11H2,1-2H3;2*1H. The highest BCUT2D eigenvalue weighted by Crippen LogP contribution is 2.24. The molecule has 126 valence electrons. The van der Waals surface area contributed by atoms with Crippen molar-refractivity contribution in [3.8, 4) is 0 Å². The number of carbonyl (C=O) groups is 1. The highest BCUT2D eigenvalue weighted by Gasteiger charge is 2.29. The van der Waals surface area contributed by atoms with Gasteiger partial charge in [0, 0.05) is 30.2 Å². The number of nitrogens with zero attached hydrogens (tertiary/aromatic N) is 2. The molecular weight excluding hydrogens is 333 g/mol. The van der Waals surface area contributed by atoms with Crippen molar-refractivity contribution in [3.05, 3.63) is 41.6 Å². The van der Waals surface area contributed by atoms with E-state index in [1.165, 1.54) is 0 Å². The van der Waals surface area contributed by atoms with Gasteiger partial charge in [-0.1, -0.05) is 18.2 Å². The molecule has 1 N–H and O–H groups in total. The Hall–Kier alpha value is -1.36. The van der Waals surface area contributed by atoms with Crippen LogP contribution < -0.4 is 5.32 Å². The van der Waals surface area contributed by atoms with Gasteiger partial charge in [0.1, 0.15) is 0 Å². The van der Waals surface area contributed by atoms with Crippen LogP contribution in [0, 0.1) is 6.92 Å². The molecule has 1 saturated heterocycles. The Bertz CT molecular complexity index is 678. The topological polar surface area (TPSA) is 45.2 Å². The van der Waals surface area contributed by atoms with Crippen LogP contribution in [0.4, 0.5) is 0 Å². The number of hydrogen-bond donors (Lipinski definition) is 1. The third kappa shape index (κ3) is 3.94. The zero-order valence-corrected chi connectivity index (χ0v) is 15.0. The van der Waals surface area contributed by atoms with Crippen molar-refractivity contribution in [2.75, 3.05) is 20.1 Å². The molecule has 0 aliphatic carbocycles. The van der Waals surface area contributed by atoms with Crippen LogP contribution in [0.1, 0.15) is 28.9 Å². The average Bonchev–Trinajstić information content (AvgIpc) is 2.94. The summed E-state index contributed by atoms with van der Waals surface area (Å²) in [4.78, 5) is 19.5. The Kier molecular flexibility index (Phi) is 7.26. The molecule has 4 nitrogen and oxygen atoms in total. The van der Waals surface area contributed by atoms with E-state index in [2.05, 4.69) is 10.3 Å². The first-order chi connectivity index (χ1) is 10.2. The number of pyridine rings is 1. The molecule has 3 rings (SSSR count). The molecule has 2 heterocycles. The molecule has 1 amide bonds. The zero-order valence-electron chi connectivity index (χ0n) is 13.4. The van der Waals surface area contributed by atoms with Crippen LogP contribution in [0.15, 0.2) is 30.3 Å². The first-order valence-electron chi connectivity index (χ1n) is 7.52. The van der Waals surface area contributed by atoms with Crippen LogP contribution in [0.5, 0.6) is 0 Å². The van der Waals surface area contributed by atoms with Gasteiger partial charge < -0.3 is 10.2 Å². The van der Waals surface area contributed by atoms with Gasteiger partial charge in [-0.05, 0) is 38.9 Å². The van der Waals surface area contributed by atoms with Crippen molar-refractivity contribution in [3.63, 3.8) is 0 Å². The molecule has 0 spiro atoms.